The molecule has 0 aliphatic carbocycles. The predicted octanol–water partition coefficient (Wildman–Crippen LogP) is 4.41. The molecule has 0 saturated carbocycles. The lowest BCUT2D eigenvalue weighted by Crippen LogP contribution is -2.53. The van der Waals surface area contributed by atoms with Crippen molar-refractivity contribution < 1.29 is 38.1 Å². The number of carboxylic acids is 1. The van der Waals surface area contributed by atoms with Gasteiger partial charge in [-0.3, -0.25) is 9.36 Å². The Kier molecular flexibility index (Phi) is 9.97. The van der Waals surface area contributed by atoms with Gasteiger partial charge in [-0.1, -0.05) is 0 Å². The number of amides is 2. The highest BCUT2D eigenvalue weighted by molar-refractivity contribution is 7.62. The first kappa shape index (κ1) is 29.4. The number of rotatable bonds is 8. The van der Waals surface area contributed by atoms with Gasteiger partial charge in [0.1, 0.15) is 11.2 Å². The Morgan fingerprint density at radius 1 is 1.03 bits per heavy atom. The largest absolute Gasteiger partial charge is 0.480 e. The fraction of sp³-hybridized carbons (Fsp3) is 0.864. The number of ether oxygens (including phenoxy) is 2. The number of carboxylic acid groups (broad SMARTS) is 1. The highest BCUT2D eigenvalue weighted by Gasteiger charge is 2.57. The number of hydrogen-bond acceptors (Lipinski definition) is 8. The van der Waals surface area contributed by atoms with Crippen LogP contribution in [0.1, 0.15) is 67.7 Å². The van der Waals surface area contributed by atoms with Gasteiger partial charge in [-0.15, -0.1) is 0 Å². The van der Waals surface area contributed by atoms with E-state index in [1.807, 2.05) is 4.90 Å². The molecule has 2 unspecified atom stereocenters. The first-order valence-corrected chi connectivity index (χ1v) is 13.2. The molecule has 10 nitrogen and oxygen atoms in total. The molecule has 0 bridgehead atoms. The van der Waals surface area contributed by atoms with Gasteiger partial charge >= 0.3 is 18.2 Å². The van der Waals surface area contributed by atoms with Crippen molar-refractivity contribution in [2.75, 3.05) is 39.5 Å². The number of carbonyl (C=O) groups excluding carboxylic acids is 2. The van der Waals surface area contributed by atoms with Crippen molar-refractivity contribution >= 4 is 25.5 Å². The zero-order valence-electron chi connectivity index (χ0n) is 21.3. The number of nitrogens with zero attached hydrogens (tertiary/aromatic N) is 2. The van der Waals surface area contributed by atoms with E-state index in [0.717, 1.165) is 4.90 Å². The second kappa shape index (κ2) is 11.2. The van der Waals surface area contributed by atoms with Crippen molar-refractivity contribution in [3.63, 3.8) is 0 Å². The molecule has 1 rings (SSSR count). The van der Waals surface area contributed by atoms with Crippen molar-refractivity contribution in [3.05, 3.63) is 0 Å². The van der Waals surface area contributed by atoms with Gasteiger partial charge in [0.05, 0.1) is 6.61 Å². The molecule has 11 heteroatoms. The van der Waals surface area contributed by atoms with Gasteiger partial charge in [-0.05, 0) is 74.8 Å². The molecule has 192 valence electrons. The van der Waals surface area contributed by atoms with Crippen molar-refractivity contribution in [1.82, 2.24) is 9.80 Å². The lowest BCUT2D eigenvalue weighted by atomic mass is 9.99. The van der Waals surface area contributed by atoms with Crippen LogP contribution < -0.4 is 0 Å². The van der Waals surface area contributed by atoms with Gasteiger partial charge in [-0.2, -0.15) is 0 Å². The third kappa shape index (κ3) is 8.26. The zero-order valence-corrected chi connectivity index (χ0v) is 22.2. The van der Waals surface area contributed by atoms with Gasteiger partial charge in [0.15, 0.2) is 5.16 Å². The minimum atomic E-state index is -3.44. The average molecular weight is 493 g/mol. The van der Waals surface area contributed by atoms with Gasteiger partial charge in [0.2, 0.25) is 7.37 Å². The summed E-state index contributed by atoms with van der Waals surface area (Å²) in [5.41, 5.74) is -1.61. The van der Waals surface area contributed by atoms with Crippen LogP contribution in [0.3, 0.4) is 0 Å². The molecule has 2 atom stereocenters. The van der Waals surface area contributed by atoms with E-state index < -0.39 is 41.9 Å². The Morgan fingerprint density at radius 3 is 1.97 bits per heavy atom. The molecule has 1 aliphatic heterocycles. The van der Waals surface area contributed by atoms with E-state index in [9.17, 15) is 24.1 Å². The van der Waals surface area contributed by atoms with Gasteiger partial charge in [0.25, 0.3) is 0 Å². The van der Waals surface area contributed by atoms with Crippen molar-refractivity contribution in [2.24, 2.45) is 0 Å². The Labute approximate surface area is 197 Å². The highest BCUT2D eigenvalue weighted by Crippen LogP contribution is 2.63. The van der Waals surface area contributed by atoms with E-state index in [1.54, 1.807) is 55.5 Å². The fourth-order valence-corrected chi connectivity index (χ4v) is 6.77. The summed E-state index contributed by atoms with van der Waals surface area (Å²) in [6.07, 6.45) is -0.779. The summed E-state index contributed by atoms with van der Waals surface area (Å²) in [6, 6.07) is 0. The summed E-state index contributed by atoms with van der Waals surface area (Å²) in [5, 5.41) is 8.54. The minimum absolute atomic E-state index is 0.0195. The molecular formula is C22H41N2O8P. The molecule has 0 spiro atoms. The van der Waals surface area contributed by atoms with E-state index in [0.29, 0.717) is 19.4 Å². The van der Waals surface area contributed by atoms with Crippen LogP contribution in [0.15, 0.2) is 0 Å². The van der Waals surface area contributed by atoms with Crippen LogP contribution in [0, 0.1) is 0 Å². The fourth-order valence-electron chi connectivity index (χ4n) is 3.69. The number of aliphatic carboxylic acids is 1. The van der Waals surface area contributed by atoms with Crippen molar-refractivity contribution in [1.29, 1.82) is 0 Å². The van der Waals surface area contributed by atoms with Crippen LogP contribution in [-0.4, -0.2) is 88.9 Å². The van der Waals surface area contributed by atoms with Gasteiger partial charge in [0, 0.05) is 25.8 Å². The molecule has 33 heavy (non-hydrogen) atoms. The van der Waals surface area contributed by atoms with Crippen LogP contribution in [-0.2, 0) is 23.4 Å². The first-order chi connectivity index (χ1) is 15.0. The number of carbonyl (C=O) groups is 3. The molecule has 0 aromatic rings. The molecule has 0 radical (unpaired) electrons. The topological polar surface area (TPSA) is 123 Å². The summed E-state index contributed by atoms with van der Waals surface area (Å²) < 4.78 is 29.8. The maximum atomic E-state index is 13.5. The van der Waals surface area contributed by atoms with E-state index in [4.69, 9.17) is 14.0 Å². The van der Waals surface area contributed by atoms with Crippen LogP contribution in [0.2, 0.25) is 0 Å². The SMILES string of the molecule is CCOP1(=O)CCN(C)CC1(CCCCN(C(=O)OC(C)(C)C)C(=O)OC(C)(C)C)C(=O)O. The third-order valence-corrected chi connectivity index (χ3v) is 8.47. The lowest BCUT2D eigenvalue weighted by molar-refractivity contribution is -0.141. The molecule has 1 heterocycles. The third-order valence-electron chi connectivity index (χ3n) is 5.15. The predicted molar refractivity (Wildman–Crippen MR) is 125 cm³/mol. The average Bonchev–Trinajstić information content (AvgIpc) is 2.61. The molecule has 0 aromatic heterocycles. The Balaban J connectivity index is 2.98. The quantitative estimate of drug-likeness (QED) is 0.388. The molecule has 1 fully saturated rings. The first-order valence-electron chi connectivity index (χ1n) is 11.4. The zero-order chi connectivity index (χ0) is 25.7. The second-order valence-electron chi connectivity index (χ2n) is 10.5. The molecule has 1 saturated heterocycles. The molecule has 2 amide bonds. The number of imide groups is 1. The van der Waals surface area contributed by atoms with Crippen LogP contribution in [0.25, 0.3) is 0 Å². The summed E-state index contributed by atoms with van der Waals surface area (Å²) in [6.45, 7) is 12.6. The Hall–Kier alpha value is -1.64. The van der Waals surface area contributed by atoms with E-state index >= 15 is 0 Å². The monoisotopic (exact) mass is 492 g/mol. The van der Waals surface area contributed by atoms with E-state index in [2.05, 4.69) is 0 Å². The van der Waals surface area contributed by atoms with Crippen LogP contribution in [0.4, 0.5) is 9.59 Å². The number of hydrogen-bond donors (Lipinski definition) is 1. The molecular weight excluding hydrogens is 451 g/mol. The lowest BCUT2D eigenvalue weighted by Gasteiger charge is -2.43. The van der Waals surface area contributed by atoms with Crippen molar-refractivity contribution in [3.8, 4) is 0 Å². The Bertz CT molecular complexity index is 730. The number of unbranched alkanes of at least 4 members (excludes halogenated alkanes) is 1. The van der Waals surface area contributed by atoms with E-state index in [1.165, 1.54) is 0 Å². The van der Waals surface area contributed by atoms with E-state index in [-0.39, 0.29) is 32.3 Å². The smallest absolute Gasteiger partial charge is 0.419 e. The molecule has 1 N–H and O–H groups in total. The summed E-state index contributed by atoms with van der Waals surface area (Å²) in [7, 11) is -1.65. The van der Waals surface area contributed by atoms with Crippen molar-refractivity contribution in [2.45, 2.75) is 84.1 Å². The molecule has 1 aliphatic rings. The normalized spacial score (nSPS) is 24.2. The van der Waals surface area contributed by atoms with Gasteiger partial charge < -0.3 is 24.0 Å². The summed E-state index contributed by atoms with van der Waals surface area (Å²) in [4.78, 5) is 40.3. The minimum Gasteiger partial charge on any atom is -0.480 e. The standard InChI is InChI=1S/C22H41N2O8P/c1-9-30-33(29)15-14-23(8)16-22(33,17(25)26)12-10-11-13-24(18(27)31-20(2,3)4)19(28)32-21(5,6)7/h9-16H2,1-8H3,(H,25,26). The Morgan fingerprint density at radius 2 is 1.55 bits per heavy atom. The maximum absolute atomic E-state index is 13.5. The molecule has 0 aromatic carbocycles. The maximum Gasteiger partial charge on any atom is 0.419 e. The second-order valence-corrected chi connectivity index (χ2v) is 13.4. The van der Waals surface area contributed by atoms with Gasteiger partial charge in [-0.25, -0.2) is 14.5 Å². The summed E-state index contributed by atoms with van der Waals surface area (Å²) in [5.74, 6) is -1.15. The van der Waals surface area contributed by atoms with Crippen LogP contribution >= 0.6 is 7.37 Å². The highest BCUT2D eigenvalue weighted by atomic mass is 31.2. The summed E-state index contributed by atoms with van der Waals surface area (Å²) >= 11 is 0. The van der Waals surface area contributed by atoms with Crippen LogP contribution in [0.5, 0.6) is 0 Å².